The molecule has 1 atom stereocenters. The van der Waals surface area contributed by atoms with Gasteiger partial charge in [-0.15, -0.1) is 0 Å². The maximum absolute atomic E-state index is 12.7. The van der Waals surface area contributed by atoms with Gasteiger partial charge in [0.25, 0.3) is 0 Å². The molecule has 1 aliphatic heterocycles. The Labute approximate surface area is 171 Å². The number of para-hydroxylation sites is 2. The Kier molecular flexibility index (Phi) is 5.41. The number of anilines is 1. The van der Waals surface area contributed by atoms with Gasteiger partial charge in [-0.05, 0) is 52.3 Å². The van der Waals surface area contributed by atoms with Crippen molar-refractivity contribution in [2.75, 3.05) is 25.0 Å². The maximum atomic E-state index is 12.7. The third-order valence-electron chi connectivity index (χ3n) is 6.01. The molecule has 1 amide bonds. The largest absolute Gasteiger partial charge is 0.331 e. The number of likely N-dealkylation sites (tertiary alicyclic amines) is 1. The summed E-state index contributed by atoms with van der Waals surface area (Å²) in [5.41, 5.74) is 4.93. The molecule has 1 fully saturated rings. The van der Waals surface area contributed by atoms with Crippen LogP contribution in [0.15, 0.2) is 24.3 Å². The van der Waals surface area contributed by atoms with Gasteiger partial charge < -0.3 is 9.88 Å². The van der Waals surface area contributed by atoms with Crippen LogP contribution in [0.2, 0.25) is 0 Å². The zero-order valence-corrected chi connectivity index (χ0v) is 17.8. The molecule has 7 heteroatoms. The average molecular weight is 395 g/mol. The lowest BCUT2D eigenvalue weighted by Crippen LogP contribution is -2.40. The number of aryl methyl sites for hydroxylation is 3. The SMILES string of the molecule is CCn1nc(C)c(NC(=O)CN2CCCC(c3nc4ccccc4n3C)C2)c1C. The molecule has 3 heterocycles. The van der Waals surface area contributed by atoms with Gasteiger partial charge in [-0.2, -0.15) is 5.10 Å². The van der Waals surface area contributed by atoms with E-state index in [0.717, 1.165) is 66.4 Å². The van der Waals surface area contributed by atoms with Gasteiger partial charge in [-0.3, -0.25) is 14.4 Å². The summed E-state index contributed by atoms with van der Waals surface area (Å²) in [7, 11) is 2.09. The van der Waals surface area contributed by atoms with Gasteiger partial charge in [0, 0.05) is 26.1 Å². The van der Waals surface area contributed by atoms with Crippen molar-refractivity contribution in [3.8, 4) is 0 Å². The summed E-state index contributed by atoms with van der Waals surface area (Å²) in [6, 6.07) is 8.26. The molecule has 1 aliphatic rings. The molecule has 154 valence electrons. The van der Waals surface area contributed by atoms with E-state index >= 15 is 0 Å². The summed E-state index contributed by atoms with van der Waals surface area (Å²) in [5, 5.41) is 7.57. The van der Waals surface area contributed by atoms with E-state index in [0.29, 0.717) is 12.5 Å². The highest BCUT2D eigenvalue weighted by atomic mass is 16.2. The Morgan fingerprint density at radius 1 is 1.28 bits per heavy atom. The number of piperidine rings is 1. The van der Waals surface area contributed by atoms with E-state index in [-0.39, 0.29) is 5.91 Å². The molecule has 1 unspecified atom stereocenters. The van der Waals surface area contributed by atoms with E-state index in [1.54, 1.807) is 0 Å². The van der Waals surface area contributed by atoms with Crippen molar-refractivity contribution in [2.45, 2.75) is 46.1 Å². The van der Waals surface area contributed by atoms with Crippen molar-refractivity contribution in [2.24, 2.45) is 7.05 Å². The van der Waals surface area contributed by atoms with E-state index in [9.17, 15) is 4.79 Å². The molecular formula is C22H30N6O. The van der Waals surface area contributed by atoms with Crippen LogP contribution < -0.4 is 5.32 Å². The molecular weight excluding hydrogens is 364 g/mol. The second kappa shape index (κ2) is 7.99. The third kappa shape index (κ3) is 3.79. The van der Waals surface area contributed by atoms with Crippen molar-refractivity contribution in [3.05, 3.63) is 41.5 Å². The third-order valence-corrected chi connectivity index (χ3v) is 6.01. The number of imidazole rings is 1. The van der Waals surface area contributed by atoms with Crippen molar-refractivity contribution >= 4 is 22.6 Å². The number of carbonyl (C=O) groups excluding carboxylic acids is 1. The highest BCUT2D eigenvalue weighted by Gasteiger charge is 2.27. The number of carbonyl (C=O) groups is 1. The summed E-state index contributed by atoms with van der Waals surface area (Å²) in [5.74, 6) is 1.49. The number of rotatable bonds is 5. The van der Waals surface area contributed by atoms with E-state index in [1.165, 1.54) is 0 Å². The van der Waals surface area contributed by atoms with Crippen molar-refractivity contribution in [1.82, 2.24) is 24.2 Å². The van der Waals surface area contributed by atoms with Crippen LogP contribution >= 0.6 is 0 Å². The minimum absolute atomic E-state index is 0.0255. The van der Waals surface area contributed by atoms with Gasteiger partial charge in [0.2, 0.25) is 5.91 Å². The number of nitrogens with one attached hydrogen (secondary N) is 1. The highest BCUT2D eigenvalue weighted by molar-refractivity contribution is 5.93. The molecule has 7 nitrogen and oxygen atoms in total. The second-order valence-electron chi connectivity index (χ2n) is 8.00. The van der Waals surface area contributed by atoms with E-state index in [2.05, 4.69) is 52.1 Å². The predicted octanol–water partition coefficient (Wildman–Crippen LogP) is 3.22. The van der Waals surface area contributed by atoms with Gasteiger partial charge in [0.15, 0.2) is 0 Å². The van der Waals surface area contributed by atoms with E-state index in [1.807, 2.05) is 24.6 Å². The van der Waals surface area contributed by atoms with E-state index < -0.39 is 0 Å². The first-order valence-electron chi connectivity index (χ1n) is 10.5. The number of amides is 1. The van der Waals surface area contributed by atoms with Crippen LogP contribution in [-0.4, -0.2) is 49.8 Å². The molecule has 3 aromatic rings. The van der Waals surface area contributed by atoms with Gasteiger partial charge in [-0.25, -0.2) is 4.98 Å². The number of fused-ring (bicyclic) bond motifs is 1. The lowest BCUT2D eigenvalue weighted by atomic mass is 9.97. The Morgan fingerprint density at radius 2 is 2.07 bits per heavy atom. The topological polar surface area (TPSA) is 68.0 Å². The van der Waals surface area contributed by atoms with Gasteiger partial charge >= 0.3 is 0 Å². The van der Waals surface area contributed by atoms with Crippen LogP contribution in [0, 0.1) is 13.8 Å². The Bertz CT molecular complexity index is 1030. The average Bonchev–Trinajstić information content (AvgIpc) is 3.19. The first-order valence-corrected chi connectivity index (χ1v) is 10.5. The molecule has 1 N–H and O–H groups in total. The van der Waals surface area contributed by atoms with Gasteiger partial charge in [0.05, 0.1) is 34.7 Å². The summed E-state index contributed by atoms with van der Waals surface area (Å²) in [4.78, 5) is 19.8. The molecule has 1 aromatic carbocycles. The van der Waals surface area contributed by atoms with Crippen LogP contribution in [0.25, 0.3) is 11.0 Å². The lowest BCUT2D eigenvalue weighted by Gasteiger charge is -2.31. The first kappa shape index (κ1) is 19.6. The van der Waals surface area contributed by atoms with Gasteiger partial charge in [-0.1, -0.05) is 12.1 Å². The summed E-state index contributed by atoms with van der Waals surface area (Å²) >= 11 is 0. The Balaban J connectivity index is 1.44. The van der Waals surface area contributed by atoms with Crippen molar-refractivity contribution in [1.29, 1.82) is 0 Å². The minimum Gasteiger partial charge on any atom is -0.331 e. The van der Waals surface area contributed by atoms with Crippen LogP contribution in [0.5, 0.6) is 0 Å². The zero-order valence-electron chi connectivity index (χ0n) is 17.8. The monoisotopic (exact) mass is 394 g/mol. The lowest BCUT2D eigenvalue weighted by molar-refractivity contribution is -0.117. The number of aromatic nitrogens is 4. The fraction of sp³-hybridized carbons (Fsp3) is 0.500. The van der Waals surface area contributed by atoms with Crippen LogP contribution in [0.3, 0.4) is 0 Å². The molecule has 0 aliphatic carbocycles. The van der Waals surface area contributed by atoms with Crippen LogP contribution in [0.1, 0.15) is 42.9 Å². The summed E-state index contributed by atoms with van der Waals surface area (Å²) in [6.45, 7) is 9.00. The number of hydrogen-bond donors (Lipinski definition) is 1. The normalized spacial score (nSPS) is 17.7. The molecule has 29 heavy (non-hydrogen) atoms. The number of benzene rings is 1. The molecule has 0 spiro atoms. The Hall–Kier alpha value is -2.67. The fourth-order valence-electron chi connectivity index (χ4n) is 4.51. The van der Waals surface area contributed by atoms with Crippen molar-refractivity contribution < 1.29 is 4.79 Å². The highest BCUT2D eigenvalue weighted by Crippen LogP contribution is 2.28. The zero-order chi connectivity index (χ0) is 20.5. The molecule has 0 saturated carbocycles. The Morgan fingerprint density at radius 3 is 2.79 bits per heavy atom. The number of hydrogen-bond acceptors (Lipinski definition) is 4. The molecule has 2 aromatic heterocycles. The molecule has 1 saturated heterocycles. The van der Waals surface area contributed by atoms with E-state index in [4.69, 9.17) is 4.98 Å². The molecule has 0 radical (unpaired) electrons. The van der Waals surface area contributed by atoms with Crippen LogP contribution in [0.4, 0.5) is 5.69 Å². The second-order valence-corrected chi connectivity index (χ2v) is 8.00. The van der Waals surface area contributed by atoms with Gasteiger partial charge in [0.1, 0.15) is 5.82 Å². The molecule has 0 bridgehead atoms. The molecule has 4 rings (SSSR count). The summed E-state index contributed by atoms with van der Waals surface area (Å²) < 4.78 is 4.13. The maximum Gasteiger partial charge on any atom is 0.238 e. The predicted molar refractivity (Wildman–Crippen MR) is 115 cm³/mol. The summed E-state index contributed by atoms with van der Waals surface area (Å²) in [6.07, 6.45) is 2.18. The standard InChI is InChI=1S/C22H30N6O/c1-5-28-16(3)21(15(2)25-28)24-20(29)14-27-12-8-9-17(13-27)22-23-18-10-6-7-11-19(18)26(22)4/h6-7,10-11,17H,5,8-9,12-14H2,1-4H3,(H,24,29). The minimum atomic E-state index is 0.0255. The van der Waals surface area contributed by atoms with Crippen molar-refractivity contribution in [3.63, 3.8) is 0 Å². The quantitative estimate of drug-likeness (QED) is 0.721. The fourth-order valence-corrected chi connectivity index (χ4v) is 4.51. The van der Waals surface area contributed by atoms with Crippen LogP contribution in [-0.2, 0) is 18.4 Å². The first-order chi connectivity index (χ1) is 14.0. The smallest absolute Gasteiger partial charge is 0.238 e. The number of nitrogens with zero attached hydrogens (tertiary/aromatic N) is 5.